The summed E-state index contributed by atoms with van der Waals surface area (Å²) in [5.41, 5.74) is 0.946. The zero-order valence-electron chi connectivity index (χ0n) is 19.1. The number of halogens is 1. The lowest BCUT2D eigenvalue weighted by atomic mass is 9.94. The van der Waals surface area contributed by atoms with Gasteiger partial charge >= 0.3 is 0 Å². The average molecular weight is 487 g/mol. The fourth-order valence-corrected chi connectivity index (χ4v) is 4.45. The number of likely N-dealkylation sites (tertiary alicyclic amines) is 1. The second kappa shape index (κ2) is 10.5. The summed E-state index contributed by atoms with van der Waals surface area (Å²) in [4.78, 5) is 30.1. The largest absolute Gasteiger partial charge is 0.507 e. The number of hydrogen-bond acceptors (Lipinski definition) is 7. The molecule has 2 aliphatic rings. The summed E-state index contributed by atoms with van der Waals surface area (Å²) in [6.07, 6.45) is 0. The lowest BCUT2D eigenvalue weighted by Crippen LogP contribution is -2.42. The van der Waals surface area contributed by atoms with E-state index in [4.69, 9.17) is 25.8 Å². The molecule has 4 rings (SSSR count). The number of ether oxygens (including phenoxy) is 3. The molecule has 0 spiro atoms. The van der Waals surface area contributed by atoms with Crippen molar-refractivity contribution in [3.63, 3.8) is 0 Å². The summed E-state index contributed by atoms with van der Waals surface area (Å²) in [6.45, 7) is 3.63. The van der Waals surface area contributed by atoms with E-state index in [0.717, 1.165) is 13.1 Å². The number of benzene rings is 2. The standard InChI is InChI=1S/C25H27ClN2O6/c1-32-18-7-8-20(33-2)19(15-18)22-21(23(29)16-3-5-17(26)6-4-16)24(30)25(31)28(22)10-9-27-11-13-34-14-12-27/h3-8,15,22,29H,9-14H2,1-2H3/t22-/m0/s1. The van der Waals surface area contributed by atoms with E-state index in [2.05, 4.69) is 4.90 Å². The van der Waals surface area contributed by atoms with Gasteiger partial charge in [-0.15, -0.1) is 0 Å². The van der Waals surface area contributed by atoms with Gasteiger partial charge in [0.15, 0.2) is 0 Å². The van der Waals surface area contributed by atoms with Crippen molar-refractivity contribution in [1.82, 2.24) is 9.80 Å². The lowest BCUT2D eigenvalue weighted by molar-refractivity contribution is -0.140. The van der Waals surface area contributed by atoms with E-state index in [1.54, 1.807) is 42.5 Å². The number of amides is 1. The van der Waals surface area contributed by atoms with Crippen LogP contribution >= 0.6 is 11.6 Å². The Hall–Kier alpha value is -3.07. The number of hydrogen-bond donors (Lipinski definition) is 1. The van der Waals surface area contributed by atoms with E-state index in [1.165, 1.54) is 19.1 Å². The third-order valence-corrected chi connectivity index (χ3v) is 6.40. The van der Waals surface area contributed by atoms with Crippen LogP contribution in [0.5, 0.6) is 11.5 Å². The van der Waals surface area contributed by atoms with Gasteiger partial charge in [0, 0.05) is 42.3 Å². The maximum absolute atomic E-state index is 13.2. The van der Waals surface area contributed by atoms with Gasteiger partial charge in [-0.25, -0.2) is 0 Å². The number of Topliss-reactive ketones (excluding diaryl/α,β-unsaturated/α-hetero) is 1. The molecule has 9 heteroatoms. The highest BCUT2D eigenvalue weighted by atomic mass is 35.5. The average Bonchev–Trinajstić information content (AvgIpc) is 3.12. The number of carbonyl (C=O) groups excluding carboxylic acids is 2. The Labute approximate surface area is 203 Å². The van der Waals surface area contributed by atoms with Crippen LogP contribution in [0, 0.1) is 0 Å². The van der Waals surface area contributed by atoms with Crippen LogP contribution in [0.3, 0.4) is 0 Å². The lowest BCUT2D eigenvalue weighted by Gasteiger charge is -2.31. The van der Waals surface area contributed by atoms with Crippen LogP contribution in [0.25, 0.3) is 5.76 Å². The van der Waals surface area contributed by atoms with Crippen LogP contribution in [0.1, 0.15) is 17.2 Å². The molecule has 2 saturated heterocycles. The first kappa shape index (κ1) is 24.1. The van der Waals surface area contributed by atoms with Gasteiger partial charge in [-0.2, -0.15) is 0 Å². The van der Waals surface area contributed by atoms with E-state index in [9.17, 15) is 14.7 Å². The first-order valence-corrected chi connectivity index (χ1v) is 11.4. The third kappa shape index (κ3) is 4.75. The number of nitrogens with zero attached hydrogens (tertiary/aromatic N) is 2. The molecule has 2 aromatic rings. The molecular formula is C25H27ClN2O6. The number of aliphatic hydroxyl groups is 1. The minimum absolute atomic E-state index is 0.000790. The van der Waals surface area contributed by atoms with Crippen molar-refractivity contribution in [2.45, 2.75) is 6.04 Å². The molecule has 8 nitrogen and oxygen atoms in total. The number of carbonyl (C=O) groups is 2. The minimum Gasteiger partial charge on any atom is -0.507 e. The molecule has 0 saturated carbocycles. The molecular weight excluding hydrogens is 460 g/mol. The molecule has 0 aliphatic carbocycles. The molecule has 180 valence electrons. The Bertz CT molecular complexity index is 1100. The number of methoxy groups -OCH3 is 2. The summed E-state index contributed by atoms with van der Waals surface area (Å²) < 4.78 is 16.4. The number of morpholine rings is 1. The quantitative estimate of drug-likeness (QED) is 0.365. The predicted molar refractivity (Wildman–Crippen MR) is 127 cm³/mol. The fraction of sp³-hybridized carbons (Fsp3) is 0.360. The first-order valence-electron chi connectivity index (χ1n) is 11.0. The van der Waals surface area contributed by atoms with E-state index < -0.39 is 17.7 Å². The van der Waals surface area contributed by atoms with E-state index in [-0.39, 0.29) is 11.3 Å². The summed E-state index contributed by atoms with van der Waals surface area (Å²) in [7, 11) is 3.05. The van der Waals surface area contributed by atoms with Gasteiger partial charge in [-0.3, -0.25) is 14.5 Å². The minimum atomic E-state index is -0.846. The fourth-order valence-electron chi connectivity index (χ4n) is 4.32. The predicted octanol–water partition coefficient (Wildman–Crippen LogP) is 3.11. The van der Waals surface area contributed by atoms with Crippen molar-refractivity contribution in [1.29, 1.82) is 0 Å². The van der Waals surface area contributed by atoms with E-state index >= 15 is 0 Å². The summed E-state index contributed by atoms with van der Waals surface area (Å²) in [6, 6.07) is 10.8. The van der Waals surface area contributed by atoms with Gasteiger partial charge in [0.05, 0.1) is 39.0 Å². The Morgan fingerprint density at radius 3 is 2.41 bits per heavy atom. The van der Waals surface area contributed by atoms with Crippen molar-refractivity contribution < 1.29 is 28.9 Å². The molecule has 1 N–H and O–H groups in total. The normalized spacial score (nSPS) is 20.6. The van der Waals surface area contributed by atoms with E-state index in [1.807, 2.05) is 0 Å². The van der Waals surface area contributed by atoms with Crippen LogP contribution in [0.2, 0.25) is 5.02 Å². The van der Waals surface area contributed by atoms with Crippen LogP contribution in [0.15, 0.2) is 48.0 Å². The number of rotatable bonds is 7. The molecule has 1 amide bonds. The van der Waals surface area contributed by atoms with Gasteiger partial charge in [0.1, 0.15) is 17.3 Å². The molecule has 2 fully saturated rings. The molecule has 0 radical (unpaired) electrons. The van der Waals surface area contributed by atoms with Gasteiger partial charge in [-0.05, 0) is 42.5 Å². The van der Waals surface area contributed by atoms with Crippen molar-refractivity contribution in [3.8, 4) is 11.5 Å². The Morgan fingerprint density at radius 2 is 1.76 bits per heavy atom. The second-order valence-corrected chi connectivity index (χ2v) is 8.50. The number of ketones is 1. The SMILES string of the molecule is COc1ccc(OC)c([C@H]2C(=C(O)c3ccc(Cl)cc3)C(=O)C(=O)N2CCN2CCOCC2)c1. The van der Waals surface area contributed by atoms with Gasteiger partial charge in [0.2, 0.25) is 0 Å². The van der Waals surface area contributed by atoms with Gasteiger partial charge in [-0.1, -0.05) is 11.6 Å². The maximum Gasteiger partial charge on any atom is 0.295 e. The van der Waals surface area contributed by atoms with Crippen LogP contribution < -0.4 is 9.47 Å². The van der Waals surface area contributed by atoms with Crippen LogP contribution in [-0.2, 0) is 14.3 Å². The summed E-state index contributed by atoms with van der Waals surface area (Å²) in [5, 5.41) is 11.7. The molecule has 0 aromatic heterocycles. The van der Waals surface area contributed by atoms with Crippen molar-refractivity contribution in [2.24, 2.45) is 0 Å². The molecule has 34 heavy (non-hydrogen) atoms. The highest BCUT2D eigenvalue weighted by Crippen LogP contribution is 2.43. The van der Waals surface area contributed by atoms with Crippen molar-refractivity contribution in [2.75, 3.05) is 53.6 Å². The molecule has 0 unspecified atom stereocenters. The molecule has 2 heterocycles. The van der Waals surface area contributed by atoms with E-state index in [0.29, 0.717) is 54.0 Å². The Kier molecular flexibility index (Phi) is 7.41. The zero-order valence-corrected chi connectivity index (χ0v) is 19.9. The van der Waals surface area contributed by atoms with Crippen molar-refractivity contribution in [3.05, 3.63) is 64.2 Å². The highest BCUT2D eigenvalue weighted by molar-refractivity contribution is 6.46. The molecule has 0 bridgehead atoms. The van der Waals surface area contributed by atoms with Gasteiger partial charge in [0.25, 0.3) is 11.7 Å². The third-order valence-electron chi connectivity index (χ3n) is 6.15. The summed E-state index contributed by atoms with van der Waals surface area (Å²) in [5.74, 6) is -0.658. The second-order valence-electron chi connectivity index (χ2n) is 8.06. The molecule has 2 aromatic carbocycles. The smallest absolute Gasteiger partial charge is 0.295 e. The van der Waals surface area contributed by atoms with Crippen LogP contribution in [0.4, 0.5) is 0 Å². The monoisotopic (exact) mass is 486 g/mol. The Balaban J connectivity index is 1.81. The topological polar surface area (TPSA) is 88.5 Å². The number of aliphatic hydroxyl groups excluding tert-OH is 1. The maximum atomic E-state index is 13.2. The summed E-state index contributed by atoms with van der Waals surface area (Å²) >= 11 is 5.99. The molecule has 1 atom stereocenters. The first-order chi connectivity index (χ1) is 16.4. The zero-order chi connectivity index (χ0) is 24.2. The molecule has 2 aliphatic heterocycles. The van der Waals surface area contributed by atoms with Gasteiger partial charge < -0.3 is 24.2 Å². The Morgan fingerprint density at radius 1 is 1.06 bits per heavy atom. The van der Waals surface area contributed by atoms with Crippen molar-refractivity contribution >= 4 is 29.1 Å². The highest BCUT2D eigenvalue weighted by Gasteiger charge is 2.47. The van der Waals surface area contributed by atoms with Crippen LogP contribution in [-0.4, -0.2) is 80.2 Å².